The summed E-state index contributed by atoms with van der Waals surface area (Å²) in [7, 11) is -7.60. The molecule has 0 aliphatic carbocycles. The number of imidazole rings is 1. The SMILES string of the molecule is O=S(=O)(NCCc1cn(S(=O)(=O)c2cccc3ccccc23)cn1)c1cccc2ccccc12. The zero-order valence-corrected chi connectivity index (χ0v) is 19.6. The van der Waals surface area contributed by atoms with E-state index < -0.39 is 20.0 Å². The molecule has 0 atom stereocenters. The van der Waals surface area contributed by atoms with Gasteiger partial charge in [-0.1, -0.05) is 72.8 Å². The molecule has 7 nitrogen and oxygen atoms in total. The van der Waals surface area contributed by atoms with Crippen LogP contribution in [0.3, 0.4) is 0 Å². The monoisotopic (exact) mass is 491 g/mol. The zero-order valence-electron chi connectivity index (χ0n) is 18.0. The van der Waals surface area contributed by atoms with E-state index in [1.54, 1.807) is 48.5 Å². The van der Waals surface area contributed by atoms with Crippen LogP contribution < -0.4 is 4.72 Å². The van der Waals surface area contributed by atoms with Crippen molar-refractivity contribution in [3.63, 3.8) is 0 Å². The Kier molecular flexibility index (Phi) is 5.68. The van der Waals surface area contributed by atoms with Gasteiger partial charge in [-0.2, -0.15) is 0 Å². The van der Waals surface area contributed by atoms with Gasteiger partial charge in [-0.15, -0.1) is 0 Å². The first-order chi connectivity index (χ1) is 16.4. The molecule has 0 saturated carbocycles. The molecule has 9 heteroatoms. The fourth-order valence-electron chi connectivity index (χ4n) is 3.96. The number of aromatic nitrogens is 2. The topological polar surface area (TPSA) is 98.1 Å². The van der Waals surface area contributed by atoms with E-state index in [1.807, 2.05) is 36.4 Å². The van der Waals surface area contributed by atoms with E-state index in [2.05, 4.69) is 9.71 Å². The first kappa shape index (κ1) is 22.3. The van der Waals surface area contributed by atoms with Gasteiger partial charge < -0.3 is 0 Å². The van der Waals surface area contributed by atoms with Crippen molar-refractivity contribution in [3.8, 4) is 0 Å². The van der Waals surface area contributed by atoms with Crippen LogP contribution >= 0.6 is 0 Å². The molecule has 0 radical (unpaired) electrons. The standard InChI is InChI=1S/C25H21N3O4S2/c29-33(30,24-13-5-9-19-7-1-3-11-22(19)24)27-16-15-21-17-28(18-26-21)34(31,32)25-14-6-10-20-8-2-4-12-23(20)25/h1-14,17-18,27H,15-16H2. The molecule has 172 valence electrons. The molecule has 5 aromatic rings. The van der Waals surface area contributed by atoms with Crippen LogP contribution in [-0.2, 0) is 26.5 Å². The second kappa shape index (κ2) is 8.68. The molecule has 0 spiro atoms. The van der Waals surface area contributed by atoms with Crippen LogP contribution in [0.15, 0.2) is 107 Å². The Morgan fingerprint density at radius 3 is 1.94 bits per heavy atom. The van der Waals surface area contributed by atoms with Gasteiger partial charge in [-0.3, -0.25) is 0 Å². The second-order valence-corrected chi connectivity index (χ2v) is 11.3. The Morgan fingerprint density at radius 1 is 0.706 bits per heavy atom. The molecular formula is C25H21N3O4S2. The van der Waals surface area contributed by atoms with Crippen molar-refractivity contribution in [2.24, 2.45) is 0 Å². The Hall–Kier alpha value is -3.53. The molecule has 0 aliphatic heterocycles. The van der Waals surface area contributed by atoms with Gasteiger partial charge in [0.05, 0.1) is 15.5 Å². The number of hydrogen-bond donors (Lipinski definition) is 1. The van der Waals surface area contributed by atoms with E-state index >= 15 is 0 Å². The van der Waals surface area contributed by atoms with Gasteiger partial charge >= 0.3 is 0 Å². The average molecular weight is 492 g/mol. The maximum atomic E-state index is 13.2. The van der Waals surface area contributed by atoms with Crippen molar-refractivity contribution < 1.29 is 16.8 Å². The summed E-state index contributed by atoms with van der Waals surface area (Å²) >= 11 is 0. The first-order valence-electron chi connectivity index (χ1n) is 10.6. The van der Waals surface area contributed by atoms with Crippen LogP contribution in [0.1, 0.15) is 5.69 Å². The van der Waals surface area contributed by atoms with Gasteiger partial charge in [-0.25, -0.2) is 30.5 Å². The summed E-state index contributed by atoms with van der Waals surface area (Å²) in [6, 6.07) is 24.8. The van der Waals surface area contributed by atoms with Crippen molar-refractivity contribution in [1.29, 1.82) is 0 Å². The van der Waals surface area contributed by atoms with Crippen LogP contribution in [0.4, 0.5) is 0 Å². The normalized spacial score (nSPS) is 12.4. The molecule has 1 N–H and O–H groups in total. The summed E-state index contributed by atoms with van der Waals surface area (Å²) < 4.78 is 55.9. The number of nitrogens with zero attached hydrogens (tertiary/aromatic N) is 2. The van der Waals surface area contributed by atoms with Gasteiger partial charge in [0.25, 0.3) is 10.0 Å². The van der Waals surface area contributed by atoms with Gasteiger partial charge in [0, 0.05) is 29.9 Å². The molecular weight excluding hydrogens is 470 g/mol. The largest absolute Gasteiger partial charge is 0.269 e. The lowest BCUT2D eigenvalue weighted by Gasteiger charge is -2.09. The van der Waals surface area contributed by atoms with E-state index in [9.17, 15) is 16.8 Å². The Labute approximate surface area is 197 Å². The van der Waals surface area contributed by atoms with Crippen LogP contribution in [0.2, 0.25) is 0 Å². The highest BCUT2D eigenvalue weighted by Gasteiger charge is 2.21. The quantitative estimate of drug-likeness (QED) is 0.372. The highest BCUT2D eigenvalue weighted by Crippen LogP contribution is 2.25. The molecule has 0 saturated heterocycles. The van der Waals surface area contributed by atoms with Gasteiger partial charge in [-0.05, 0) is 22.9 Å². The fourth-order valence-corrected chi connectivity index (χ4v) is 6.59. The van der Waals surface area contributed by atoms with Crippen molar-refractivity contribution in [2.45, 2.75) is 16.2 Å². The molecule has 5 rings (SSSR count). The third-order valence-corrected chi connectivity index (χ3v) is 8.82. The lowest BCUT2D eigenvalue weighted by molar-refractivity contribution is 0.581. The third-order valence-electron chi connectivity index (χ3n) is 5.63. The van der Waals surface area contributed by atoms with Crippen LogP contribution in [0.25, 0.3) is 21.5 Å². The maximum absolute atomic E-state index is 13.2. The minimum Gasteiger partial charge on any atom is -0.241 e. The van der Waals surface area contributed by atoms with Crippen molar-refractivity contribution in [3.05, 3.63) is 103 Å². The molecule has 4 aromatic carbocycles. The van der Waals surface area contributed by atoms with Crippen molar-refractivity contribution >= 4 is 41.6 Å². The highest BCUT2D eigenvalue weighted by molar-refractivity contribution is 7.90. The van der Waals surface area contributed by atoms with E-state index in [0.717, 1.165) is 14.7 Å². The number of hydrogen-bond acceptors (Lipinski definition) is 5. The Morgan fingerprint density at radius 2 is 1.26 bits per heavy atom. The van der Waals surface area contributed by atoms with Crippen molar-refractivity contribution in [2.75, 3.05) is 6.54 Å². The molecule has 0 bridgehead atoms. The Balaban J connectivity index is 1.34. The number of rotatable bonds is 7. The van der Waals surface area contributed by atoms with Crippen molar-refractivity contribution in [1.82, 2.24) is 13.7 Å². The lowest BCUT2D eigenvalue weighted by atomic mass is 10.1. The van der Waals surface area contributed by atoms with Gasteiger partial charge in [0.1, 0.15) is 6.33 Å². The molecule has 1 aromatic heterocycles. The smallest absolute Gasteiger partial charge is 0.241 e. The summed E-state index contributed by atoms with van der Waals surface area (Å²) in [6.07, 6.45) is 2.90. The predicted molar refractivity (Wildman–Crippen MR) is 132 cm³/mol. The first-order valence-corrected chi connectivity index (χ1v) is 13.5. The number of fused-ring (bicyclic) bond motifs is 2. The summed E-state index contributed by atoms with van der Waals surface area (Å²) in [4.78, 5) is 4.57. The summed E-state index contributed by atoms with van der Waals surface area (Å²) in [5.41, 5.74) is 0.462. The van der Waals surface area contributed by atoms with E-state index in [1.165, 1.54) is 12.5 Å². The van der Waals surface area contributed by atoms with Crippen LogP contribution in [0, 0.1) is 0 Å². The molecule has 0 fully saturated rings. The minimum absolute atomic E-state index is 0.0802. The fraction of sp³-hybridized carbons (Fsp3) is 0.0800. The minimum atomic E-state index is -3.85. The maximum Gasteiger partial charge on any atom is 0.269 e. The molecule has 0 aliphatic rings. The average Bonchev–Trinajstić information content (AvgIpc) is 3.33. The van der Waals surface area contributed by atoms with Crippen LogP contribution in [0.5, 0.6) is 0 Å². The molecule has 34 heavy (non-hydrogen) atoms. The molecule has 1 heterocycles. The summed E-state index contributed by atoms with van der Waals surface area (Å²) in [5, 5.41) is 2.93. The molecule has 0 unspecified atom stereocenters. The second-order valence-electron chi connectivity index (χ2n) is 7.80. The van der Waals surface area contributed by atoms with E-state index in [-0.39, 0.29) is 22.8 Å². The molecule has 0 amide bonds. The van der Waals surface area contributed by atoms with Gasteiger partial charge in [0.2, 0.25) is 10.0 Å². The predicted octanol–water partition coefficient (Wildman–Crippen LogP) is 3.95. The number of nitrogens with one attached hydrogen (secondary N) is 1. The van der Waals surface area contributed by atoms with Gasteiger partial charge in [0.15, 0.2) is 0 Å². The lowest BCUT2D eigenvalue weighted by Crippen LogP contribution is -2.26. The third kappa shape index (κ3) is 4.09. The number of sulfonamides is 1. The summed E-state index contributed by atoms with van der Waals surface area (Å²) in [6.45, 7) is 0.0802. The van der Waals surface area contributed by atoms with E-state index in [4.69, 9.17) is 0 Å². The zero-order chi connectivity index (χ0) is 23.8. The van der Waals surface area contributed by atoms with Crippen LogP contribution in [-0.4, -0.2) is 32.3 Å². The van der Waals surface area contributed by atoms with E-state index in [0.29, 0.717) is 16.5 Å². The number of benzene rings is 4. The highest BCUT2D eigenvalue weighted by atomic mass is 32.2. The summed E-state index contributed by atoms with van der Waals surface area (Å²) in [5.74, 6) is 0. The Bertz CT molecular complexity index is 1720.